The first kappa shape index (κ1) is 15.6. The minimum atomic E-state index is -4.60. The van der Waals surface area contributed by atoms with Crippen molar-refractivity contribution >= 4 is 44.4 Å². The van der Waals surface area contributed by atoms with Gasteiger partial charge in [0, 0.05) is 6.20 Å². The van der Waals surface area contributed by atoms with E-state index in [9.17, 15) is 18.0 Å². The van der Waals surface area contributed by atoms with Crippen LogP contribution in [0.15, 0.2) is 10.7 Å². The van der Waals surface area contributed by atoms with Gasteiger partial charge in [-0.1, -0.05) is 11.3 Å². The van der Waals surface area contributed by atoms with E-state index >= 15 is 0 Å². The molecule has 0 unspecified atom stereocenters. The lowest BCUT2D eigenvalue weighted by atomic mass is 10.5. The maximum absolute atomic E-state index is 12.3. The number of hydrogen-bond acceptors (Lipinski definition) is 6. The maximum Gasteiger partial charge on any atom is 0.445 e. The number of nitrogens with zero attached hydrogens (tertiary/aromatic N) is 4. The number of halogens is 4. The largest absolute Gasteiger partial charge is 0.445 e. The van der Waals surface area contributed by atoms with Gasteiger partial charge in [-0.25, -0.2) is 14.8 Å². The molecule has 112 valence electrons. The zero-order valence-electron chi connectivity index (χ0n) is 10.2. The average Bonchev–Trinajstić information content (AvgIpc) is 2.82. The van der Waals surface area contributed by atoms with Gasteiger partial charge in [-0.2, -0.15) is 13.2 Å². The summed E-state index contributed by atoms with van der Waals surface area (Å²) in [5, 5.41) is 9.12. The number of amides is 2. The average molecular weight is 383 g/mol. The molecule has 7 nitrogen and oxygen atoms in total. The molecule has 0 saturated heterocycles. The van der Waals surface area contributed by atoms with Crippen LogP contribution in [-0.4, -0.2) is 26.2 Å². The lowest BCUT2D eigenvalue weighted by molar-refractivity contribution is -0.138. The molecule has 2 N–H and O–H groups in total. The molecule has 2 aromatic rings. The number of aryl methyl sites for hydroxylation is 1. The molecular weight excluding hydrogens is 377 g/mol. The van der Waals surface area contributed by atoms with Crippen LogP contribution in [0.3, 0.4) is 0 Å². The van der Waals surface area contributed by atoms with E-state index in [-0.39, 0.29) is 22.4 Å². The summed E-state index contributed by atoms with van der Waals surface area (Å²) in [6, 6.07) is -0.818. The predicted molar refractivity (Wildman–Crippen MR) is 72.0 cm³/mol. The molecule has 2 rings (SSSR count). The molecule has 2 aromatic heterocycles. The highest BCUT2D eigenvalue weighted by atomic mass is 79.9. The standard InChI is InChI=1S/C9H6BrF3N6OS/c1-3-4(10)2-14-6(15-3)16-7(20)17-8-19-18-5(21-8)9(11,12)13/h2H,1H3,(H2,14,15,16,17,19,20). The number of aromatic nitrogens is 4. The number of carbonyl (C=O) groups is 1. The van der Waals surface area contributed by atoms with Crippen LogP contribution >= 0.6 is 27.3 Å². The monoisotopic (exact) mass is 382 g/mol. The van der Waals surface area contributed by atoms with Crippen molar-refractivity contribution in [3.63, 3.8) is 0 Å². The van der Waals surface area contributed by atoms with Gasteiger partial charge >= 0.3 is 12.2 Å². The first-order chi connectivity index (χ1) is 9.75. The van der Waals surface area contributed by atoms with Crippen LogP contribution in [0, 0.1) is 6.92 Å². The highest BCUT2D eigenvalue weighted by molar-refractivity contribution is 9.10. The molecule has 21 heavy (non-hydrogen) atoms. The normalized spacial score (nSPS) is 11.3. The molecule has 0 saturated carbocycles. The Kier molecular flexibility index (Phi) is 4.37. The Bertz CT molecular complexity index is 676. The molecule has 0 aromatic carbocycles. The third-order valence-electron chi connectivity index (χ3n) is 2.03. The van der Waals surface area contributed by atoms with Crippen molar-refractivity contribution in [1.29, 1.82) is 0 Å². The lowest BCUT2D eigenvalue weighted by Gasteiger charge is -2.04. The zero-order chi connectivity index (χ0) is 15.6. The molecule has 0 atom stereocenters. The van der Waals surface area contributed by atoms with Gasteiger partial charge in [-0.3, -0.25) is 10.6 Å². The summed E-state index contributed by atoms with van der Waals surface area (Å²) in [7, 11) is 0. The van der Waals surface area contributed by atoms with Crippen molar-refractivity contribution in [2.24, 2.45) is 0 Å². The fourth-order valence-corrected chi connectivity index (χ4v) is 1.93. The second kappa shape index (κ2) is 5.89. The highest BCUT2D eigenvalue weighted by Gasteiger charge is 2.35. The van der Waals surface area contributed by atoms with E-state index < -0.39 is 17.2 Å². The Balaban J connectivity index is 2.01. The van der Waals surface area contributed by atoms with Crippen molar-refractivity contribution in [2.45, 2.75) is 13.1 Å². The highest BCUT2D eigenvalue weighted by Crippen LogP contribution is 2.32. The molecule has 0 bridgehead atoms. The van der Waals surface area contributed by atoms with Crippen LogP contribution in [0.25, 0.3) is 0 Å². The topological polar surface area (TPSA) is 92.7 Å². The zero-order valence-corrected chi connectivity index (χ0v) is 12.6. The minimum Gasteiger partial charge on any atom is -0.282 e. The van der Waals surface area contributed by atoms with Crippen molar-refractivity contribution in [1.82, 2.24) is 20.2 Å². The number of anilines is 2. The van der Waals surface area contributed by atoms with E-state index in [2.05, 4.69) is 46.7 Å². The Morgan fingerprint density at radius 3 is 2.62 bits per heavy atom. The van der Waals surface area contributed by atoms with Gasteiger partial charge in [0.2, 0.25) is 16.1 Å². The fourth-order valence-electron chi connectivity index (χ4n) is 1.13. The predicted octanol–water partition coefficient (Wildman–Crippen LogP) is 3.06. The Morgan fingerprint density at radius 1 is 1.33 bits per heavy atom. The van der Waals surface area contributed by atoms with Gasteiger partial charge in [-0.15, -0.1) is 10.2 Å². The van der Waals surface area contributed by atoms with Crippen LogP contribution < -0.4 is 10.6 Å². The second-order valence-electron chi connectivity index (χ2n) is 3.62. The summed E-state index contributed by atoms with van der Waals surface area (Å²) in [4.78, 5) is 19.4. The number of alkyl halides is 3. The maximum atomic E-state index is 12.3. The third-order valence-corrected chi connectivity index (χ3v) is 3.69. The summed E-state index contributed by atoms with van der Waals surface area (Å²) >= 11 is 3.41. The van der Waals surface area contributed by atoms with Gasteiger partial charge in [0.05, 0.1) is 10.2 Å². The van der Waals surface area contributed by atoms with E-state index in [0.717, 1.165) is 0 Å². The Hall–Kier alpha value is -1.82. The fraction of sp³-hybridized carbons (Fsp3) is 0.222. The molecule has 2 heterocycles. The molecule has 0 aliphatic rings. The van der Waals surface area contributed by atoms with Gasteiger partial charge in [0.25, 0.3) is 0 Å². The van der Waals surface area contributed by atoms with Crippen molar-refractivity contribution in [3.05, 3.63) is 21.4 Å². The van der Waals surface area contributed by atoms with Crippen LogP contribution in [-0.2, 0) is 6.18 Å². The SMILES string of the molecule is Cc1nc(NC(=O)Nc2nnc(C(F)(F)F)s2)ncc1Br. The quantitative estimate of drug-likeness (QED) is 0.832. The molecule has 0 spiro atoms. The number of urea groups is 1. The molecular formula is C9H6BrF3N6OS. The summed E-state index contributed by atoms with van der Waals surface area (Å²) in [5.41, 5.74) is 0.593. The van der Waals surface area contributed by atoms with Crippen molar-refractivity contribution < 1.29 is 18.0 Å². The molecule has 2 amide bonds. The molecule has 12 heteroatoms. The molecule has 0 aliphatic carbocycles. The molecule has 0 aliphatic heterocycles. The van der Waals surface area contributed by atoms with Crippen LogP contribution in [0.2, 0.25) is 0 Å². The van der Waals surface area contributed by atoms with Gasteiger partial charge in [-0.05, 0) is 22.9 Å². The van der Waals surface area contributed by atoms with Crippen LogP contribution in [0.1, 0.15) is 10.7 Å². The van der Waals surface area contributed by atoms with E-state index in [1.54, 1.807) is 6.92 Å². The van der Waals surface area contributed by atoms with Crippen molar-refractivity contribution in [3.8, 4) is 0 Å². The summed E-state index contributed by atoms with van der Waals surface area (Å²) in [6.45, 7) is 1.69. The van der Waals surface area contributed by atoms with Crippen LogP contribution in [0.4, 0.5) is 29.0 Å². The van der Waals surface area contributed by atoms with E-state index in [0.29, 0.717) is 10.2 Å². The number of nitrogens with one attached hydrogen (secondary N) is 2. The molecule has 0 radical (unpaired) electrons. The van der Waals surface area contributed by atoms with E-state index in [1.807, 2.05) is 0 Å². The smallest absolute Gasteiger partial charge is 0.282 e. The summed E-state index contributed by atoms with van der Waals surface area (Å²) < 4.78 is 37.6. The number of rotatable bonds is 2. The summed E-state index contributed by atoms with van der Waals surface area (Å²) in [6.07, 6.45) is -3.16. The van der Waals surface area contributed by atoms with E-state index in [4.69, 9.17) is 0 Å². The van der Waals surface area contributed by atoms with Crippen molar-refractivity contribution in [2.75, 3.05) is 10.6 Å². The minimum absolute atomic E-state index is 0.00811. The van der Waals surface area contributed by atoms with Crippen LogP contribution in [0.5, 0.6) is 0 Å². The van der Waals surface area contributed by atoms with Gasteiger partial charge in [0.15, 0.2) is 0 Å². The van der Waals surface area contributed by atoms with Gasteiger partial charge in [0.1, 0.15) is 0 Å². The second-order valence-corrected chi connectivity index (χ2v) is 5.45. The summed E-state index contributed by atoms with van der Waals surface area (Å²) in [5.74, 6) is 0.00811. The Morgan fingerprint density at radius 2 is 2.05 bits per heavy atom. The number of hydrogen-bond donors (Lipinski definition) is 2. The Labute approximate surface area is 128 Å². The van der Waals surface area contributed by atoms with E-state index in [1.165, 1.54) is 6.20 Å². The first-order valence-electron chi connectivity index (χ1n) is 5.23. The first-order valence-corrected chi connectivity index (χ1v) is 6.84. The molecule has 0 fully saturated rings. The third kappa shape index (κ3) is 4.07. The lowest BCUT2D eigenvalue weighted by Crippen LogP contribution is -2.21. The van der Waals surface area contributed by atoms with Gasteiger partial charge < -0.3 is 0 Å². The number of carbonyl (C=O) groups excluding carboxylic acids is 1.